The Hall–Kier alpha value is -2.56. The summed E-state index contributed by atoms with van der Waals surface area (Å²) in [5.41, 5.74) is 1.12. The van der Waals surface area contributed by atoms with Gasteiger partial charge in [0.1, 0.15) is 0 Å². The average molecular weight is 413 g/mol. The van der Waals surface area contributed by atoms with Gasteiger partial charge in [0.15, 0.2) is 0 Å². The highest BCUT2D eigenvalue weighted by Crippen LogP contribution is 2.24. The van der Waals surface area contributed by atoms with Crippen LogP contribution in [0.15, 0.2) is 60.7 Å². The van der Waals surface area contributed by atoms with E-state index in [2.05, 4.69) is 0 Å². The van der Waals surface area contributed by atoms with Crippen molar-refractivity contribution in [1.29, 1.82) is 0 Å². The quantitative estimate of drug-likeness (QED) is 0.609. The molecule has 142 valence electrons. The van der Waals surface area contributed by atoms with Gasteiger partial charge in [0.2, 0.25) is 0 Å². The molecule has 4 rings (SSSR count). The van der Waals surface area contributed by atoms with Crippen LogP contribution in [0, 0.1) is 0 Å². The number of fused-ring (bicyclic) bond motifs is 1. The normalized spacial score (nSPS) is 14.4. The maximum absolute atomic E-state index is 13.0. The summed E-state index contributed by atoms with van der Waals surface area (Å²) in [5, 5.41) is 2.82. The lowest BCUT2D eigenvalue weighted by atomic mass is 10.0. The Balaban J connectivity index is 1.48. The first kappa shape index (κ1) is 18.8. The molecule has 0 bridgehead atoms. The number of nitrogens with zero attached hydrogens (tertiary/aromatic N) is 2. The summed E-state index contributed by atoms with van der Waals surface area (Å²) in [6.07, 6.45) is 0. The molecule has 0 saturated carbocycles. The summed E-state index contributed by atoms with van der Waals surface area (Å²) in [6.45, 7) is 1.90. The Kier molecular flexibility index (Phi) is 5.25. The van der Waals surface area contributed by atoms with Crippen molar-refractivity contribution in [1.82, 2.24) is 9.80 Å². The Labute approximate surface area is 173 Å². The van der Waals surface area contributed by atoms with Crippen LogP contribution < -0.4 is 0 Å². The minimum absolute atomic E-state index is 0.00609. The molecule has 0 atom stereocenters. The number of halogens is 2. The molecular weight excluding hydrogens is 395 g/mol. The van der Waals surface area contributed by atoms with Gasteiger partial charge in [-0.1, -0.05) is 59.6 Å². The molecule has 3 aromatic carbocycles. The van der Waals surface area contributed by atoms with E-state index in [-0.39, 0.29) is 11.8 Å². The van der Waals surface area contributed by atoms with Crippen molar-refractivity contribution in [2.75, 3.05) is 26.2 Å². The number of hydrogen-bond donors (Lipinski definition) is 0. The topological polar surface area (TPSA) is 40.6 Å². The Morgan fingerprint density at radius 1 is 0.714 bits per heavy atom. The van der Waals surface area contributed by atoms with Crippen LogP contribution in [-0.4, -0.2) is 47.8 Å². The standard InChI is InChI=1S/C22H18Cl2N2O2/c23-16-8-9-19(20(24)14-16)22(28)26-12-10-25(11-13-26)21(27)18-7-3-5-15-4-1-2-6-17(15)18/h1-9,14H,10-13H2. The van der Waals surface area contributed by atoms with Gasteiger partial charge in [-0.25, -0.2) is 0 Å². The molecule has 1 saturated heterocycles. The highest BCUT2D eigenvalue weighted by molar-refractivity contribution is 6.36. The fourth-order valence-electron chi connectivity index (χ4n) is 3.53. The second-order valence-electron chi connectivity index (χ2n) is 6.74. The maximum atomic E-state index is 13.0. The van der Waals surface area contributed by atoms with Crippen molar-refractivity contribution in [3.05, 3.63) is 81.8 Å². The Morgan fingerprint density at radius 3 is 2.00 bits per heavy atom. The lowest BCUT2D eigenvalue weighted by Gasteiger charge is -2.35. The van der Waals surface area contributed by atoms with Crippen LogP contribution in [0.4, 0.5) is 0 Å². The van der Waals surface area contributed by atoms with Crippen LogP contribution in [-0.2, 0) is 0 Å². The zero-order valence-electron chi connectivity index (χ0n) is 15.1. The van der Waals surface area contributed by atoms with Gasteiger partial charge in [-0.15, -0.1) is 0 Å². The summed E-state index contributed by atoms with van der Waals surface area (Å²) >= 11 is 12.1. The predicted molar refractivity (Wildman–Crippen MR) is 112 cm³/mol. The lowest BCUT2D eigenvalue weighted by Crippen LogP contribution is -2.50. The molecular formula is C22H18Cl2N2O2. The molecule has 0 spiro atoms. The number of amides is 2. The molecule has 0 aliphatic carbocycles. The molecule has 3 aromatic rings. The molecule has 0 aromatic heterocycles. The van der Waals surface area contributed by atoms with E-state index in [1.807, 2.05) is 42.5 Å². The van der Waals surface area contributed by atoms with Gasteiger partial charge >= 0.3 is 0 Å². The summed E-state index contributed by atoms with van der Waals surface area (Å²) in [4.78, 5) is 29.3. The summed E-state index contributed by atoms with van der Waals surface area (Å²) in [6, 6.07) is 18.5. The monoisotopic (exact) mass is 412 g/mol. The third-order valence-corrected chi connectivity index (χ3v) is 5.58. The molecule has 0 N–H and O–H groups in total. The fourth-order valence-corrected chi connectivity index (χ4v) is 4.02. The predicted octanol–water partition coefficient (Wildman–Crippen LogP) is 4.74. The molecule has 2 amide bonds. The van der Waals surface area contributed by atoms with Gasteiger partial charge in [-0.3, -0.25) is 9.59 Å². The largest absolute Gasteiger partial charge is 0.335 e. The van der Waals surface area contributed by atoms with E-state index < -0.39 is 0 Å². The van der Waals surface area contributed by atoms with Gasteiger partial charge in [0.25, 0.3) is 11.8 Å². The Morgan fingerprint density at radius 2 is 1.32 bits per heavy atom. The molecule has 0 radical (unpaired) electrons. The van der Waals surface area contributed by atoms with E-state index >= 15 is 0 Å². The van der Waals surface area contributed by atoms with Crippen LogP contribution in [0.1, 0.15) is 20.7 Å². The molecule has 1 fully saturated rings. The fraction of sp³-hybridized carbons (Fsp3) is 0.182. The number of rotatable bonds is 2. The van der Waals surface area contributed by atoms with Gasteiger partial charge in [-0.05, 0) is 35.0 Å². The average Bonchev–Trinajstić information content (AvgIpc) is 2.72. The van der Waals surface area contributed by atoms with Crippen LogP contribution in [0.2, 0.25) is 10.0 Å². The number of benzene rings is 3. The maximum Gasteiger partial charge on any atom is 0.255 e. The SMILES string of the molecule is O=C(c1ccc(Cl)cc1Cl)N1CCN(C(=O)c2cccc3ccccc23)CC1. The second kappa shape index (κ2) is 7.82. The molecule has 0 unspecified atom stereocenters. The van der Waals surface area contributed by atoms with Gasteiger partial charge in [-0.2, -0.15) is 0 Å². The molecule has 28 heavy (non-hydrogen) atoms. The van der Waals surface area contributed by atoms with Crippen LogP contribution in [0.25, 0.3) is 10.8 Å². The van der Waals surface area contributed by atoms with E-state index in [1.165, 1.54) is 0 Å². The van der Waals surface area contributed by atoms with Gasteiger partial charge < -0.3 is 9.80 Å². The second-order valence-corrected chi connectivity index (χ2v) is 7.58. The van der Waals surface area contributed by atoms with E-state index in [1.54, 1.807) is 28.0 Å². The van der Waals surface area contributed by atoms with E-state index in [4.69, 9.17) is 23.2 Å². The van der Waals surface area contributed by atoms with Gasteiger partial charge in [0, 0.05) is 36.8 Å². The summed E-state index contributed by atoms with van der Waals surface area (Å²) in [7, 11) is 0. The zero-order chi connectivity index (χ0) is 19.7. The number of hydrogen-bond acceptors (Lipinski definition) is 2. The first-order chi connectivity index (χ1) is 13.5. The van der Waals surface area contributed by atoms with Crippen molar-refractivity contribution >= 4 is 45.8 Å². The number of piperazine rings is 1. The number of carbonyl (C=O) groups excluding carboxylic acids is 2. The van der Waals surface area contributed by atoms with Crippen molar-refractivity contribution in [2.24, 2.45) is 0 Å². The first-order valence-corrected chi connectivity index (χ1v) is 9.81. The minimum Gasteiger partial charge on any atom is -0.335 e. The smallest absolute Gasteiger partial charge is 0.255 e. The zero-order valence-corrected chi connectivity index (χ0v) is 16.6. The third kappa shape index (κ3) is 3.58. The van der Waals surface area contributed by atoms with Crippen molar-refractivity contribution in [3.63, 3.8) is 0 Å². The van der Waals surface area contributed by atoms with Crippen LogP contribution >= 0.6 is 23.2 Å². The molecule has 1 heterocycles. The minimum atomic E-state index is -0.140. The summed E-state index contributed by atoms with van der Waals surface area (Å²) in [5.74, 6) is -0.146. The van der Waals surface area contributed by atoms with Crippen LogP contribution in [0.3, 0.4) is 0 Å². The van der Waals surface area contributed by atoms with Crippen molar-refractivity contribution in [3.8, 4) is 0 Å². The van der Waals surface area contributed by atoms with Gasteiger partial charge in [0.05, 0.1) is 10.6 Å². The molecule has 1 aliphatic rings. The lowest BCUT2D eigenvalue weighted by molar-refractivity contribution is 0.0536. The molecule has 6 heteroatoms. The van der Waals surface area contributed by atoms with Crippen molar-refractivity contribution < 1.29 is 9.59 Å². The van der Waals surface area contributed by atoms with Crippen molar-refractivity contribution in [2.45, 2.75) is 0 Å². The van der Waals surface area contributed by atoms with E-state index in [0.29, 0.717) is 47.4 Å². The highest BCUT2D eigenvalue weighted by atomic mass is 35.5. The number of carbonyl (C=O) groups is 2. The Bertz CT molecular complexity index is 1050. The van der Waals surface area contributed by atoms with E-state index in [9.17, 15) is 9.59 Å². The van der Waals surface area contributed by atoms with Crippen LogP contribution in [0.5, 0.6) is 0 Å². The summed E-state index contributed by atoms with van der Waals surface area (Å²) < 4.78 is 0. The molecule has 4 nitrogen and oxygen atoms in total. The van der Waals surface area contributed by atoms with E-state index in [0.717, 1.165) is 10.8 Å². The third-order valence-electron chi connectivity index (χ3n) is 5.04. The highest BCUT2D eigenvalue weighted by Gasteiger charge is 2.27. The molecule has 1 aliphatic heterocycles. The first-order valence-electron chi connectivity index (χ1n) is 9.06.